The molecule has 2 N–H and O–H groups in total. The van der Waals surface area contributed by atoms with Crippen molar-refractivity contribution in [2.75, 3.05) is 19.8 Å². The van der Waals surface area contributed by atoms with Gasteiger partial charge in [0.2, 0.25) is 0 Å². The topological polar surface area (TPSA) is 41.5 Å². The van der Waals surface area contributed by atoms with Crippen molar-refractivity contribution in [1.29, 1.82) is 0 Å². The van der Waals surface area contributed by atoms with E-state index in [0.29, 0.717) is 12.4 Å². The molecule has 1 heterocycles. The molecule has 0 bridgehead atoms. The van der Waals surface area contributed by atoms with Crippen LogP contribution >= 0.6 is 0 Å². The molecule has 76 valence electrons. The van der Waals surface area contributed by atoms with Gasteiger partial charge in [-0.25, -0.2) is 0 Å². The van der Waals surface area contributed by atoms with Gasteiger partial charge in [0.15, 0.2) is 0 Å². The van der Waals surface area contributed by atoms with Gasteiger partial charge in [-0.15, -0.1) is 0 Å². The van der Waals surface area contributed by atoms with E-state index in [1.54, 1.807) is 6.07 Å². The van der Waals surface area contributed by atoms with Crippen LogP contribution in [0, 0.1) is 6.92 Å². The molecule has 1 saturated heterocycles. The Bertz CT molecular complexity index is 319. The molecule has 1 aromatic rings. The summed E-state index contributed by atoms with van der Waals surface area (Å²) in [6, 6.07) is 5.77. The third kappa shape index (κ3) is 1.89. The van der Waals surface area contributed by atoms with E-state index < -0.39 is 0 Å². The highest BCUT2D eigenvalue weighted by molar-refractivity contribution is 5.38. The summed E-state index contributed by atoms with van der Waals surface area (Å²) < 4.78 is 5.36. The highest BCUT2D eigenvalue weighted by Crippen LogP contribution is 2.26. The first-order valence-electron chi connectivity index (χ1n) is 4.88. The summed E-state index contributed by atoms with van der Waals surface area (Å²) in [5, 5.41) is 13.0. The number of hydrogen-bond acceptors (Lipinski definition) is 3. The minimum Gasteiger partial charge on any atom is -0.508 e. The Labute approximate surface area is 83.7 Å². The van der Waals surface area contributed by atoms with Gasteiger partial charge in [0.05, 0.1) is 19.3 Å². The number of phenols is 1. The number of morpholine rings is 1. The summed E-state index contributed by atoms with van der Waals surface area (Å²) in [6.45, 7) is 4.25. The van der Waals surface area contributed by atoms with Gasteiger partial charge in [-0.05, 0) is 13.0 Å². The predicted octanol–water partition coefficient (Wildman–Crippen LogP) is 1.36. The molecule has 2 rings (SSSR count). The third-order valence-electron chi connectivity index (χ3n) is 2.48. The number of phenolic OH excluding ortho intramolecular Hbond substituents is 1. The molecule has 0 saturated carbocycles. The number of aromatic hydroxyl groups is 1. The van der Waals surface area contributed by atoms with Gasteiger partial charge in [-0.3, -0.25) is 0 Å². The Morgan fingerprint density at radius 3 is 3.07 bits per heavy atom. The number of aryl methyl sites for hydroxylation is 1. The zero-order valence-corrected chi connectivity index (χ0v) is 8.29. The van der Waals surface area contributed by atoms with Crippen LogP contribution in [0.4, 0.5) is 0 Å². The fourth-order valence-electron chi connectivity index (χ4n) is 1.72. The number of ether oxygens (including phenoxy) is 1. The van der Waals surface area contributed by atoms with Crippen LogP contribution in [0.5, 0.6) is 5.75 Å². The van der Waals surface area contributed by atoms with E-state index in [1.165, 1.54) is 0 Å². The summed E-state index contributed by atoms with van der Waals surface area (Å²) in [5.74, 6) is 0.346. The van der Waals surface area contributed by atoms with E-state index in [-0.39, 0.29) is 6.04 Å². The van der Waals surface area contributed by atoms with Crippen molar-refractivity contribution in [3.05, 3.63) is 29.3 Å². The fourth-order valence-corrected chi connectivity index (χ4v) is 1.72. The maximum atomic E-state index is 9.69. The molecule has 0 spiro atoms. The van der Waals surface area contributed by atoms with E-state index in [2.05, 4.69) is 5.32 Å². The first kappa shape index (κ1) is 9.49. The lowest BCUT2D eigenvalue weighted by Crippen LogP contribution is -2.34. The van der Waals surface area contributed by atoms with Crippen molar-refractivity contribution >= 4 is 0 Å². The van der Waals surface area contributed by atoms with Crippen LogP contribution in [0.1, 0.15) is 17.2 Å². The quantitative estimate of drug-likeness (QED) is 0.707. The Balaban J connectivity index is 2.24. The molecule has 0 amide bonds. The number of rotatable bonds is 1. The summed E-state index contributed by atoms with van der Waals surface area (Å²) >= 11 is 0. The molecule has 0 radical (unpaired) electrons. The highest BCUT2D eigenvalue weighted by Gasteiger charge is 2.18. The standard InChI is InChI=1S/C11H15NO2/c1-8-2-3-11(13)9(6-8)10-7-14-5-4-12-10/h2-3,6,10,12-13H,4-5,7H2,1H3/t10-/m1/s1. The first-order valence-corrected chi connectivity index (χ1v) is 4.88. The second kappa shape index (κ2) is 3.98. The summed E-state index contributed by atoms with van der Waals surface area (Å²) in [5.41, 5.74) is 2.09. The third-order valence-corrected chi connectivity index (χ3v) is 2.48. The molecule has 0 unspecified atom stereocenters. The normalized spacial score (nSPS) is 22.2. The molecule has 1 aliphatic heterocycles. The summed E-state index contributed by atoms with van der Waals surface area (Å²) in [7, 11) is 0. The average Bonchev–Trinajstić information content (AvgIpc) is 2.23. The maximum absolute atomic E-state index is 9.69. The lowest BCUT2D eigenvalue weighted by Gasteiger charge is -2.24. The molecule has 1 fully saturated rings. The van der Waals surface area contributed by atoms with E-state index >= 15 is 0 Å². The van der Waals surface area contributed by atoms with Gasteiger partial charge in [0, 0.05) is 12.1 Å². The monoisotopic (exact) mass is 193 g/mol. The second-order valence-electron chi connectivity index (χ2n) is 3.64. The molecule has 0 aromatic heterocycles. The smallest absolute Gasteiger partial charge is 0.120 e. The van der Waals surface area contributed by atoms with Crippen LogP contribution in [-0.4, -0.2) is 24.9 Å². The zero-order valence-electron chi connectivity index (χ0n) is 8.29. The van der Waals surface area contributed by atoms with Crippen LogP contribution in [0.15, 0.2) is 18.2 Å². The van der Waals surface area contributed by atoms with E-state index in [4.69, 9.17) is 4.74 Å². The molecular weight excluding hydrogens is 178 g/mol. The van der Waals surface area contributed by atoms with Gasteiger partial charge >= 0.3 is 0 Å². The van der Waals surface area contributed by atoms with Crippen molar-refractivity contribution < 1.29 is 9.84 Å². The lowest BCUT2D eigenvalue weighted by atomic mass is 10.0. The number of hydrogen-bond donors (Lipinski definition) is 2. The fraction of sp³-hybridized carbons (Fsp3) is 0.455. The molecule has 1 atom stereocenters. The van der Waals surface area contributed by atoms with Crippen molar-refractivity contribution in [1.82, 2.24) is 5.32 Å². The van der Waals surface area contributed by atoms with Gasteiger partial charge in [0.1, 0.15) is 5.75 Å². The van der Waals surface area contributed by atoms with E-state index in [1.807, 2.05) is 19.1 Å². The van der Waals surface area contributed by atoms with Crippen molar-refractivity contribution in [3.8, 4) is 5.75 Å². The molecular formula is C11H15NO2. The molecule has 1 aromatic carbocycles. The van der Waals surface area contributed by atoms with Crippen LogP contribution in [0.25, 0.3) is 0 Å². The molecule has 0 aliphatic carbocycles. The maximum Gasteiger partial charge on any atom is 0.120 e. The number of benzene rings is 1. The van der Waals surface area contributed by atoms with E-state index in [0.717, 1.165) is 24.3 Å². The van der Waals surface area contributed by atoms with Crippen molar-refractivity contribution in [2.45, 2.75) is 13.0 Å². The number of nitrogens with one attached hydrogen (secondary N) is 1. The Hall–Kier alpha value is -1.06. The Morgan fingerprint density at radius 2 is 2.36 bits per heavy atom. The zero-order chi connectivity index (χ0) is 9.97. The molecule has 3 heteroatoms. The van der Waals surface area contributed by atoms with E-state index in [9.17, 15) is 5.11 Å². The SMILES string of the molecule is Cc1ccc(O)c([C@H]2COCCN2)c1. The van der Waals surface area contributed by atoms with Gasteiger partial charge in [-0.2, -0.15) is 0 Å². The summed E-state index contributed by atoms with van der Waals surface area (Å²) in [6.07, 6.45) is 0. The minimum absolute atomic E-state index is 0.128. The molecule has 14 heavy (non-hydrogen) atoms. The minimum atomic E-state index is 0.128. The van der Waals surface area contributed by atoms with Gasteiger partial charge in [-0.1, -0.05) is 17.7 Å². The summed E-state index contributed by atoms with van der Waals surface area (Å²) in [4.78, 5) is 0. The predicted molar refractivity (Wildman–Crippen MR) is 54.4 cm³/mol. The molecule has 1 aliphatic rings. The van der Waals surface area contributed by atoms with Crippen LogP contribution in [-0.2, 0) is 4.74 Å². The van der Waals surface area contributed by atoms with Crippen LogP contribution in [0.2, 0.25) is 0 Å². The lowest BCUT2D eigenvalue weighted by molar-refractivity contribution is 0.0761. The second-order valence-corrected chi connectivity index (χ2v) is 3.64. The van der Waals surface area contributed by atoms with Crippen molar-refractivity contribution in [3.63, 3.8) is 0 Å². The van der Waals surface area contributed by atoms with Gasteiger partial charge in [0.25, 0.3) is 0 Å². The molecule has 3 nitrogen and oxygen atoms in total. The highest BCUT2D eigenvalue weighted by atomic mass is 16.5. The van der Waals surface area contributed by atoms with Crippen LogP contribution in [0.3, 0.4) is 0 Å². The van der Waals surface area contributed by atoms with Gasteiger partial charge < -0.3 is 15.2 Å². The largest absolute Gasteiger partial charge is 0.508 e. The Morgan fingerprint density at radius 1 is 1.50 bits per heavy atom. The van der Waals surface area contributed by atoms with Crippen molar-refractivity contribution in [2.24, 2.45) is 0 Å². The average molecular weight is 193 g/mol. The first-order chi connectivity index (χ1) is 6.77. The Kier molecular flexibility index (Phi) is 2.70. The van der Waals surface area contributed by atoms with Crippen LogP contribution < -0.4 is 5.32 Å².